The molecule has 5 heteroatoms. The van der Waals surface area contributed by atoms with Crippen molar-refractivity contribution in [1.82, 2.24) is 9.88 Å². The van der Waals surface area contributed by atoms with Gasteiger partial charge in [0.05, 0.1) is 12.6 Å². The van der Waals surface area contributed by atoms with Crippen LogP contribution in [0.5, 0.6) is 5.88 Å². The normalized spacial score (nSPS) is 13.8. The molecule has 5 aromatic rings. The first-order valence-corrected chi connectivity index (χ1v) is 16.1. The van der Waals surface area contributed by atoms with Crippen LogP contribution in [-0.2, 0) is 5.60 Å². The van der Waals surface area contributed by atoms with Gasteiger partial charge in [-0.05, 0) is 86.1 Å². The molecule has 5 rings (SSSR count). The molecule has 2 atom stereocenters. The van der Waals surface area contributed by atoms with Crippen LogP contribution in [0.4, 0.5) is 0 Å². The number of fused-ring (bicyclic) bond motifs is 1. The summed E-state index contributed by atoms with van der Waals surface area (Å²) < 4.78 is 6.93. The van der Waals surface area contributed by atoms with Crippen molar-refractivity contribution in [2.24, 2.45) is 0 Å². The number of aromatic nitrogens is 1. The van der Waals surface area contributed by atoms with E-state index in [1.54, 1.807) is 7.11 Å². The Kier molecular flexibility index (Phi) is 10.6. The molecule has 0 bridgehead atoms. The van der Waals surface area contributed by atoms with E-state index in [1.807, 2.05) is 54.6 Å². The van der Waals surface area contributed by atoms with Crippen LogP contribution < -0.4 is 4.74 Å². The van der Waals surface area contributed by atoms with E-state index in [4.69, 9.17) is 9.72 Å². The molecule has 226 valence electrons. The zero-order chi connectivity index (χ0) is 30.9. The molecule has 0 aliphatic rings. The molecule has 0 aliphatic carbocycles. The minimum atomic E-state index is -1.23. The summed E-state index contributed by atoms with van der Waals surface area (Å²) in [5.41, 5.74) is 4.55. The highest BCUT2D eigenvalue weighted by molar-refractivity contribution is 9.10. The fourth-order valence-corrected chi connectivity index (χ4v) is 6.38. The van der Waals surface area contributed by atoms with Crippen LogP contribution in [0.25, 0.3) is 23.1 Å². The molecule has 44 heavy (non-hydrogen) atoms. The molecule has 0 aliphatic heterocycles. The van der Waals surface area contributed by atoms with E-state index in [2.05, 4.69) is 102 Å². The first-order chi connectivity index (χ1) is 21.4. The number of hydrogen-bond acceptors (Lipinski definition) is 4. The van der Waals surface area contributed by atoms with E-state index in [0.29, 0.717) is 12.3 Å². The largest absolute Gasteiger partial charge is 0.481 e. The minimum absolute atomic E-state index is 0.420. The van der Waals surface area contributed by atoms with Crippen molar-refractivity contribution in [3.8, 4) is 5.88 Å². The molecule has 0 radical (unpaired) electrons. The SMILES string of the molecule is COc1nc2ccc(Br)cc2cc1C(c1ccccc1)C(O)(CCCCCN(C)C)c1cccc(C=Cc2ccccc2)c1. The molecule has 0 spiro atoms. The van der Waals surface area contributed by atoms with Crippen LogP contribution in [0.15, 0.2) is 114 Å². The van der Waals surface area contributed by atoms with E-state index in [1.165, 1.54) is 0 Å². The Hall–Kier alpha value is -3.77. The van der Waals surface area contributed by atoms with Gasteiger partial charge in [0.25, 0.3) is 0 Å². The van der Waals surface area contributed by atoms with Crippen LogP contribution >= 0.6 is 15.9 Å². The molecular weight excluding hydrogens is 608 g/mol. The summed E-state index contributed by atoms with van der Waals surface area (Å²) in [7, 11) is 5.87. The highest BCUT2D eigenvalue weighted by atomic mass is 79.9. The van der Waals surface area contributed by atoms with Gasteiger partial charge in [0.1, 0.15) is 5.60 Å². The number of benzene rings is 4. The van der Waals surface area contributed by atoms with Crippen LogP contribution in [-0.4, -0.2) is 42.7 Å². The molecule has 0 fully saturated rings. The molecule has 2 unspecified atom stereocenters. The molecule has 4 nitrogen and oxygen atoms in total. The maximum Gasteiger partial charge on any atom is 0.217 e. The minimum Gasteiger partial charge on any atom is -0.481 e. The van der Waals surface area contributed by atoms with Crippen LogP contribution in [0.2, 0.25) is 0 Å². The number of halogens is 1. The summed E-state index contributed by atoms with van der Waals surface area (Å²) in [6.45, 7) is 1.03. The van der Waals surface area contributed by atoms with Crippen molar-refractivity contribution in [3.05, 3.63) is 141 Å². The third-order valence-corrected chi connectivity index (χ3v) is 8.70. The van der Waals surface area contributed by atoms with Gasteiger partial charge in [-0.25, -0.2) is 4.98 Å². The summed E-state index contributed by atoms with van der Waals surface area (Å²) in [4.78, 5) is 7.14. The number of hydrogen-bond donors (Lipinski definition) is 1. The monoisotopic (exact) mass is 648 g/mol. The van der Waals surface area contributed by atoms with Gasteiger partial charge in [-0.15, -0.1) is 0 Å². The summed E-state index contributed by atoms with van der Waals surface area (Å²) >= 11 is 3.63. The maximum absolute atomic E-state index is 13.2. The molecule has 0 amide bonds. The second kappa shape index (κ2) is 14.8. The van der Waals surface area contributed by atoms with Gasteiger partial charge in [0.15, 0.2) is 0 Å². The highest BCUT2D eigenvalue weighted by Gasteiger charge is 2.42. The number of ether oxygens (including phenoxy) is 1. The Labute approximate surface area is 270 Å². The van der Waals surface area contributed by atoms with Crippen molar-refractivity contribution in [2.75, 3.05) is 27.7 Å². The van der Waals surface area contributed by atoms with Crippen molar-refractivity contribution >= 4 is 39.0 Å². The fourth-order valence-electron chi connectivity index (χ4n) is 6.00. The third-order valence-electron chi connectivity index (χ3n) is 8.20. The maximum atomic E-state index is 13.2. The summed E-state index contributed by atoms with van der Waals surface area (Å²) in [6, 6.07) is 37.1. The Morgan fingerprint density at radius 3 is 2.25 bits per heavy atom. The van der Waals surface area contributed by atoms with Crippen LogP contribution in [0.3, 0.4) is 0 Å². The van der Waals surface area contributed by atoms with Gasteiger partial charge in [0.2, 0.25) is 5.88 Å². The average molecular weight is 650 g/mol. The third kappa shape index (κ3) is 7.65. The van der Waals surface area contributed by atoms with Crippen molar-refractivity contribution < 1.29 is 9.84 Å². The van der Waals surface area contributed by atoms with Gasteiger partial charge in [-0.1, -0.05) is 120 Å². The zero-order valence-electron chi connectivity index (χ0n) is 25.8. The van der Waals surface area contributed by atoms with E-state index < -0.39 is 11.5 Å². The summed E-state index contributed by atoms with van der Waals surface area (Å²) in [6.07, 6.45) is 7.80. The molecule has 0 saturated heterocycles. The second-order valence-corrected chi connectivity index (χ2v) is 12.6. The Bertz CT molecular complexity index is 1690. The number of rotatable bonds is 13. The number of pyridine rings is 1. The van der Waals surface area contributed by atoms with Crippen LogP contribution in [0.1, 0.15) is 59.4 Å². The molecule has 1 aromatic heterocycles. The van der Waals surface area contributed by atoms with E-state index in [0.717, 1.165) is 69.0 Å². The summed E-state index contributed by atoms with van der Waals surface area (Å²) in [5, 5.41) is 14.2. The van der Waals surface area contributed by atoms with Gasteiger partial charge in [-0.3, -0.25) is 0 Å². The van der Waals surface area contributed by atoms with Crippen molar-refractivity contribution in [3.63, 3.8) is 0 Å². The lowest BCUT2D eigenvalue weighted by molar-refractivity contribution is 0.00693. The van der Waals surface area contributed by atoms with Gasteiger partial charge in [0, 0.05) is 21.3 Å². The number of nitrogens with zero attached hydrogens (tertiary/aromatic N) is 2. The topological polar surface area (TPSA) is 45.6 Å². The molecule has 1 N–H and O–H groups in total. The molecule has 1 heterocycles. The number of unbranched alkanes of at least 4 members (excludes halogenated alkanes) is 2. The molecular formula is C39H41BrN2O2. The van der Waals surface area contributed by atoms with Crippen molar-refractivity contribution in [2.45, 2.75) is 37.2 Å². The van der Waals surface area contributed by atoms with Gasteiger partial charge < -0.3 is 14.7 Å². The standard InChI is InChI=1S/C39H41BrN2O2/c1-42(2)25-12-6-11-24-39(43,33-19-13-16-30(26-33)21-20-29-14-7-4-8-15-29)37(31-17-9-5-10-18-31)35-28-32-27-34(40)22-23-36(32)41-38(35)44-3/h4-5,7-10,13-23,26-28,37,43H,6,11-12,24-25H2,1-3H3. The molecule has 4 aromatic carbocycles. The number of methoxy groups -OCH3 is 1. The lowest BCUT2D eigenvalue weighted by Crippen LogP contribution is -2.35. The van der Waals surface area contributed by atoms with E-state index in [9.17, 15) is 5.11 Å². The number of aliphatic hydroxyl groups is 1. The smallest absolute Gasteiger partial charge is 0.217 e. The van der Waals surface area contributed by atoms with E-state index in [-0.39, 0.29) is 0 Å². The molecule has 0 saturated carbocycles. The predicted molar refractivity (Wildman–Crippen MR) is 187 cm³/mol. The second-order valence-electron chi connectivity index (χ2n) is 11.7. The Morgan fingerprint density at radius 2 is 1.52 bits per heavy atom. The fraction of sp³-hybridized carbons (Fsp3) is 0.256. The Morgan fingerprint density at radius 1 is 0.818 bits per heavy atom. The Balaban J connectivity index is 1.65. The van der Waals surface area contributed by atoms with Crippen molar-refractivity contribution in [1.29, 1.82) is 0 Å². The van der Waals surface area contributed by atoms with E-state index >= 15 is 0 Å². The lowest BCUT2D eigenvalue weighted by Gasteiger charge is -2.38. The first-order valence-electron chi connectivity index (χ1n) is 15.3. The predicted octanol–water partition coefficient (Wildman–Crippen LogP) is 9.32. The van der Waals surface area contributed by atoms with Gasteiger partial charge >= 0.3 is 0 Å². The lowest BCUT2D eigenvalue weighted by atomic mass is 9.71. The summed E-state index contributed by atoms with van der Waals surface area (Å²) in [5.74, 6) is 0.108. The van der Waals surface area contributed by atoms with Crippen LogP contribution in [0, 0.1) is 0 Å². The highest BCUT2D eigenvalue weighted by Crippen LogP contribution is 2.48. The van der Waals surface area contributed by atoms with Gasteiger partial charge in [-0.2, -0.15) is 0 Å². The quantitative estimate of drug-likeness (QED) is 0.102. The zero-order valence-corrected chi connectivity index (χ0v) is 27.4. The first kappa shape index (κ1) is 31.6. The average Bonchev–Trinajstić information content (AvgIpc) is 3.04.